The van der Waals surface area contributed by atoms with Gasteiger partial charge in [0.25, 0.3) is 0 Å². The second kappa shape index (κ2) is 8.37. The minimum atomic E-state index is -0.172. The van der Waals surface area contributed by atoms with Crippen LogP contribution in [0, 0.1) is 4.64 Å². The standard InChI is InChI=1S/C15H25N5O2S/c1-4-16-13-12(14(23)19(3)15(21)18(13)2)17-6-5-7-20-8-10-22-11-9-20/h4,17H,5-11H2,1-3H3/b16-4-. The maximum atomic E-state index is 12.1. The van der Waals surface area contributed by atoms with Gasteiger partial charge in [-0.1, -0.05) is 12.2 Å². The molecule has 2 rings (SSSR count). The Bertz CT molecular complexity index is 674. The van der Waals surface area contributed by atoms with Gasteiger partial charge in [-0.25, -0.2) is 9.79 Å². The molecule has 8 heteroatoms. The van der Waals surface area contributed by atoms with Crippen molar-refractivity contribution >= 4 is 29.9 Å². The van der Waals surface area contributed by atoms with Gasteiger partial charge >= 0.3 is 5.69 Å². The Hall–Kier alpha value is -1.51. The summed E-state index contributed by atoms with van der Waals surface area (Å²) in [7, 11) is 3.39. The molecular formula is C15H25N5O2S. The lowest BCUT2D eigenvalue weighted by atomic mass is 10.3. The van der Waals surface area contributed by atoms with Crippen LogP contribution in [0.2, 0.25) is 0 Å². The number of aliphatic imine (C=N–C) groups is 1. The van der Waals surface area contributed by atoms with Crippen LogP contribution < -0.4 is 11.0 Å². The molecule has 7 nitrogen and oxygen atoms in total. The van der Waals surface area contributed by atoms with Gasteiger partial charge in [0.2, 0.25) is 0 Å². The molecule has 1 N–H and O–H groups in total. The molecule has 0 unspecified atom stereocenters. The minimum absolute atomic E-state index is 0.172. The Morgan fingerprint density at radius 2 is 2.00 bits per heavy atom. The van der Waals surface area contributed by atoms with Gasteiger partial charge in [-0.15, -0.1) is 0 Å². The third-order valence-corrected chi connectivity index (χ3v) is 4.42. The monoisotopic (exact) mass is 339 g/mol. The smallest absolute Gasteiger partial charge is 0.330 e. The van der Waals surface area contributed by atoms with Crippen LogP contribution in [-0.2, 0) is 18.8 Å². The zero-order chi connectivity index (χ0) is 16.8. The Kier molecular flexibility index (Phi) is 6.49. The first-order valence-electron chi connectivity index (χ1n) is 7.89. The third-order valence-electron chi connectivity index (χ3n) is 3.94. The maximum absolute atomic E-state index is 12.1. The van der Waals surface area contributed by atoms with Crippen LogP contribution >= 0.6 is 12.2 Å². The molecule has 1 aromatic rings. The summed E-state index contributed by atoms with van der Waals surface area (Å²) in [5.41, 5.74) is 0.569. The van der Waals surface area contributed by atoms with Crippen molar-refractivity contribution < 1.29 is 4.74 Å². The van der Waals surface area contributed by atoms with Crippen molar-refractivity contribution in [1.29, 1.82) is 0 Å². The molecule has 0 atom stereocenters. The molecule has 0 spiro atoms. The van der Waals surface area contributed by atoms with Crippen LogP contribution in [-0.4, -0.2) is 59.6 Å². The first-order valence-corrected chi connectivity index (χ1v) is 8.29. The summed E-state index contributed by atoms with van der Waals surface area (Å²) in [5.74, 6) is 0.576. The molecule has 1 aromatic heterocycles. The maximum Gasteiger partial charge on any atom is 0.330 e. The summed E-state index contributed by atoms with van der Waals surface area (Å²) >= 11 is 5.40. The fourth-order valence-corrected chi connectivity index (χ4v) is 2.84. The fourth-order valence-electron chi connectivity index (χ4n) is 2.60. The lowest BCUT2D eigenvalue weighted by Crippen LogP contribution is -2.37. The van der Waals surface area contributed by atoms with E-state index in [2.05, 4.69) is 15.2 Å². The van der Waals surface area contributed by atoms with Gasteiger partial charge in [0.05, 0.1) is 13.2 Å². The van der Waals surface area contributed by atoms with Crippen molar-refractivity contribution in [2.45, 2.75) is 13.3 Å². The highest BCUT2D eigenvalue weighted by atomic mass is 32.1. The highest BCUT2D eigenvalue weighted by Gasteiger charge is 2.13. The van der Waals surface area contributed by atoms with Crippen molar-refractivity contribution in [2.24, 2.45) is 19.1 Å². The molecule has 0 radical (unpaired) electrons. The Morgan fingerprint density at radius 3 is 2.65 bits per heavy atom. The molecule has 1 aliphatic heterocycles. The van der Waals surface area contributed by atoms with E-state index in [9.17, 15) is 4.79 Å². The number of ether oxygens (including phenoxy) is 1. The minimum Gasteiger partial charge on any atom is -0.380 e. The van der Waals surface area contributed by atoms with E-state index < -0.39 is 0 Å². The van der Waals surface area contributed by atoms with E-state index in [4.69, 9.17) is 17.0 Å². The molecular weight excluding hydrogens is 314 g/mol. The highest BCUT2D eigenvalue weighted by Crippen LogP contribution is 2.23. The van der Waals surface area contributed by atoms with Crippen LogP contribution in [0.5, 0.6) is 0 Å². The molecule has 0 saturated carbocycles. The molecule has 0 amide bonds. The molecule has 0 bridgehead atoms. The third kappa shape index (κ3) is 4.27. The molecule has 0 aromatic carbocycles. The summed E-state index contributed by atoms with van der Waals surface area (Å²) < 4.78 is 8.82. The normalized spacial score (nSPS) is 16.1. The van der Waals surface area contributed by atoms with Gasteiger partial charge in [-0.05, 0) is 19.9 Å². The quantitative estimate of drug-likeness (QED) is 0.481. The molecule has 1 aliphatic rings. The van der Waals surface area contributed by atoms with Gasteiger partial charge < -0.3 is 10.1 Å². The first-order chi connectivity index (χ1) is 11.1. The number of anilines is 1. The van der Waals surface area contributed by atoms with E-state index in [0.29, 0.717) is 10.5 Å². The van der Waals surface area contributed by atoms with Gasteiger partial charge in [0.1, 0.15) is 10.3 Å². The zero-order valence-electron chi connectivity index (χ0n) is 14.0. The molecule has 2 heterocycles. The predicted molar refractivity (Wildman–Crippen MR) is 95.7 cm³/mol. The summed E-state index contributed by atoms with van der Waals surface area (Å²) in [6, 6.07) is 0. The Balaban J connectivity index is 2.06. The Morgan fingerprint density at radius 1 is 1.30 bits per heavy atom. The zero-order valence-corrected chi connectivity index (χ0v) is 14.9. The van der Waals surface area contributed by atoms with Crippen molar-refractivity contribution in [1.82, 2.24) is 14.0 Å². The summed E-state index contributed by atoms with van der Waals surface area (Å²) in [4.78, 5) is 18.8. The summed E-state index contributed by atoms with van der Waals surface area (Å²) in [6.45, 7) is 7.24. The average Bonchev–Trinajstić information content (AvgIpc) is 2.57. The SMILES string of the molecule is C/C=N\c1c(NCCCN2CCOCC2)c(=S)n(C)c(=O)n1C. The van der Waals surface area contributed by atoms with Gasteiger partial charge in [0.15, 0.2) is 5.82 Å². The summed E-state index contributed by atoms with van der Waals surface area (Å²) in [5, 5.41) is 3.36. The van der Waals surface area contributed by atoms with Crippen LogP contribution in [0.15, 0.2) is 9.79 Å². The van der Waals surface area contributed by atoms with Gasteiger partial charge in [0, 0.05) is 39.9 Å². The van der Waals surface area contributed by atoms with Crippen molar-refractivity contribution in [2.75, 3.05) is 44.7 Å². The second-order valence-electron chi connectivity index (χ2n) is 5.53. The number of hydrogen-bond acceptors (Lipinski definition) is 6. The van der Waals surface area contributed by atoms with E-state index in [1.54, 1.807) is 20.3 Å². The number of nitrogens with one attached hydrogen (secondary N) is 1. The largest absolute Gasteiger partial charge is 0.380 e. The van der Waals surface area contributed by atoms with E-state index in [1.807, 2.05) is 6.92 Å². The molecule has 23 heavy (non-hydrogen) atoms. The van der Waals surface area contributed by atoms with Crippen LogP contribution in [0.1, 0.15) is 13.3 Å². The van der Waals surface area contributed by atoms with Crippen molar-refractivity contribution in [3.63, 3.8) is 0 Å². The number of nitrogens with zero attached hydrogens (tertiary/aromatic N) is 4. The van der Waals surface area contributed by atoms with E-state index in [-0.39, 0.29) is 5.69 Å². The van der Waals surface area contributed by atoms with E-state index in [1.165, 1.54) is 9.13 Å². The number of morpholine rings is 1. The number of hydrogen-bond donors (Lipinski definition) is 1. The van der Waals surface area contributed by atoms with Crippen LogP contribution in [0.4, 0.5) is 11.5 Å². The molecule has 1 fully saturated rings. The first kappa shape index (κ1) is 17.8. The van der Waals surface area contributed by atoms with Crippen molar-refractivity contribution in [3.8, 4) is 0 Å². The highest BCUT2D eigenvalue weighted by molar-refractivity contribution is 7.71. The lowest BCUT2D eigenvalue weighted by Gasteiger charge is -2.26. The topological polar surface area (TPSA) is 63.8 Å². The number of aromatic nitrogens is 2. The van der Waals surface area contributed by atoms with Crippen LogP contribution in [0.25, 0.3) is 0 Å². The van der Waals surface area contributed by atoms with Crippen molar-refractivity contribution in [3.05, 3.63) is 15.1 Å². The van der Waals surface area contributed by atoms with E-state index in [0.717, 1.165) is 51.5 Å². The van der Waals surface area contributed by atoms with Gasteiger partial charge in [-0.2, -0.15) is 0 Å². The molecule has 128 valence electrons. The Labute approximate surface area is 141 Å². The van der Waals surface area contributed by atoms with Crippen LogP contribution in [0.3, 0.4) is 0 Å². The fraction of sp³-hybridized carbons (Fsp3) is 0.667. The molecule has 0 aliphatic carbocycles. The van der Waals surface area contributed by atoms with E-state index >= 15 is 0 Å². The average molecular weight is 339 g/mol. The summed E-state index contributed by atoms with van der Waals surface area (Å²) in [6.07, 6.45) is 2.67. The van der Waals surface area contributed by atoms with Gasteiger partial charge in [-0.3, -0.25) is 14.0 Å². The lowest BCUT2D eigenvalue weighted by molar-refractivity contribution is 0.0378. The molecule has 1 saturated heterocycles. The predicted octanol–water partition coefficient (Wildman–Crippen LogP) is 1.31. The second-order valence-corrected chi connectivity index (χ2v) is 5.91. The number of rotatable bonds is 6.